The van der Waals surface area contributed by atoms with E-state index in [0.29, 0.717) is 37.4 Å². The normalized spacial score (nSPS) is 23.1. The number of anilines is 1. The Bertz CT molecular complexity index is 1510. The molecule has 40 heavy (non-hydrogen) atoms. The highest BCUT2D eigenvalue weighted by molar-refractivity contribution is 7.89. The lowest BCUT2D eigenvalue weighted by molar-refractivity contribution is -0.143. The molecule has 2 saturated heterocycles. The van der Waals surface area contributed by atoms with Crippen LogP contribution in [0.15, 0.2) is 59.0 Å². The molecule has 3 aliphatic rings. The molecular formula is C29H34N4O6S. The van der Waals surface area contributed by atoms with Gasteiger partial charge in [0.2, 0.25) is 10.0 Å². The number of hydrogen-bond donors (Lipinski definition) is 1. The minimum absolute atomic E-state index is 0.0253. The van der Waals surface area contributed by atoms with E-state index in [-0.39, 0.29) is 22.6 Å². The number of para-hydroxylation sites is 1. The molecular weight excluding hydrogens is 532 g/mol. The molecule has 3 heterocycles. The number of benzene rings is 2. The van der Waals surface area contributed by atoms with E-state index >= 15 is 0 Å². The van der Waals surface area contributed by atoms with Crippen molar-refractivity contribution in [3.63, 3.8) is 0 Å². The second-order valence-corrected chi connectivity index (χ2v) is 12.5. The van der Waals surface area contributed by atoms with Crippen LogP contribution >= 0.6 is 0 Å². The number of likely N-dealkylation sites (N-methyl/N-ethyl adjacent to an activating group) is 2. The molecule has 2 aromatic rings. The Morgan fingerprint density at radius 2 is 1.70 bits per heavy atom. The van der Waals surface area contributed by atoms with Crippen molar-refractivity contribution in [3.8, 4) is 0 Å². The van der Waals surface area contributed by atoms with Gasteiger partial charge in [0.05, 0.1) is 16.2 Å². The number of likely N-dealkylation sites (tertiary alicyclic amines) is 1. The Kier molecular flexibility index (Phi) is 7.32. The van der Waals surface area contributed by atoms with Crippen molar-refractivity contribution in [2.45, 2.75) is 36.6 Å². The zero-order valence-electron chi connectivity index (χ0n) is 23.0. The highest BCUT2D eigenvalue weighted by Crippen LogP contribution is 2.53. The van der Waals surface area contributed by atoms with Crippen molar-refractivity contribution in [2.75, 3.05) is 51.7 Å². The van der Waals surface area contributed by atoms with Gasteiger partial charge in [0.1, 0.15) is 5.76 Å². The number of ketones is 1. The van der Waals surface area contributed by atoms with Gasteiger partial charge in [0.25, 0.3) is 17.6 Å². The van der Waals surface area contributed by atoms with Gasteiger partial charge in [-0.25, -0.2) is 8.42 Å². The molecule has 2 aromatic carbocycles. The molecule has 0 bridgehead atoms. The van der Waals surface area contributed by atoms with Crippen molar-refractivity contribution in [3.05, 3.63) is 65.2 Å². The van der Waals surface area contributed by atoms with E-state index < -0.39 is 38.9 Å². The highest BCUT2D eigenvalue weighted by atomic mass is 32.2. The molecule has 0 aromatic heterocycles. The summed E-state index contributed by atoms with van der Waals surface area (Å²) in [6.45, 7) is 3.35. The quantitative estimate of drug-likeness (QED) is 0.311. The number of carbonyl (C=O) groups excluding carboxylic acids is 3. The summed E-state index contributed by atoms with van der Waals surface area (Å²) in [5.74, 6) is -2.96. The topological polar surface area (TPSA) is 119 Å². The summed E-state index contributed by atoms with van der Waals surface area (Å²) in [7, 11) is -0.198. The van der Waals surface area contributed by atoms with E-state index in [4.69, 9.17) is 0 Å². The molecule has 11 heteroatoms. The largest absolute Gasteiger partial charge is 0.507 e. The molecule has 5 rings (SSSR count). The number of Topliss-reactive ketones (excluding diaryl/α,β-unsaturated/α-hetero) is 1. The Labute approximate surface area is 234 Å². The first-order valence-corrected chi connectivity index (χ1v) is 15.0. The number of fused-ring (bicyclic) bond motifs is 2. The molecule has 2 amide bonds. The first-order chi connectivity index (χ1) is 19.1. The Hall–Kier alpha value is -3.54. The second-order valence-electron chi connectivity index (χ2n) is 10.6. The maximum atomic E-state index is 14.3. The van der Waals surface area contributed by atoms with Gasteiger partial charge in [0.15, 0.2) is 5.54 Å². The predicted molar refractivity (Wildman–Crippen MR) is 150 cm³/mol. The molecule has 1 atom stereocenters. The summed E-state index contributed by atoms with van der Waals surface area (Å²) in [5, 5.41) is 11.7. The molecule has 0 radical (unpaired) electrons. The fourth-order valence-electron chi connectivity index (χ4n) is 5.98. The van der Waals surface area contributed by atoms with Crippen LogP contribution in [0.1, 0.15) is 37.3 Å². The van der Waals surface area contributed by atoms with Crippen LogP contribution in [0, 0.1) is 0 Å². The molecule has 1 N–H and O–H groups in total. The lowest BCUT2D eigenvalue weighted by Crippen LogP contribution is -2.53. The van der Waals surface area contributed by atoms with Gasteiger partial charge < -0.3 is 19.8 Å². The Morgan fingerprint density at radius 1 is 1.00 bits per heavy atom. The maximum absolute atomic E-state index is 14.3. The van der Waals surface area contributed by atoms with Crippen LogP contribution in [0.2, 0.25) is 0 Å². The average Bonchev–Trinajstić information content (AvgIpc) is 3.34. The molecule has 3 aliphatic heterocycles. The minimum Gasteiger partial charge on any atom is -0.507 e. The van der Waals surface area contributed by atoms with Gasteiger partial charge in [-0.1, -0.05) is 36.8 Å². The summed E-state index contributed by atoms with van der Waals surface area (Å²) in [5.41, 5.74) is -1.19. The fourth-order valence-corrected chi connectivity index (χ4v) is 7.55. The number of rotatable bonds is 7. The SMILES string of the molecule is CCN1C(=O)[C@]2(C(=C(O)c3cccc(S(=O)(=O)N4CCCCC4)c3)C(=O)C(=O)N2CCN(C)C)c2ccccc21. The molecule has 2 fully saturated rings. The summed E-state index contributed by atoms with van der Waals surface area (Å²) >= 11 is 0. The number of piperidine rings is 1. The smallest absolute Gasteiger partial charge is 0.296 e. The van der Waals surface area contributed by atoms with Gasteiger partial charge in [-0.05, 0) is 52.1 Å². The number of sulfonamides is 1. The molecule has 1 spiro atoms. The first-order valence-electron chi connectivity index (χ1n) is 13.5. The van der Waals surface area contributed by atoms with Crippen molar-refractivity contribution in [1.82, 2.24) is 14.1 Å². The first kappa shape index (κ1) is 28.0. The molecule has 212 valence electrons. The summed E-state index contributed by atoms with van der Waals surface area (Å²) in [6, 6.07) is 12.7. The average molecular weight is 567 g/mol. The number of aliphatic hydroxyl groups excluding tert-OH is 1. The van der Waals surface area contributed by atoms with Crippen LogP contribution in [0.5, 0.6) is 0 Å². The second kappa shape index (κ2) is 10.5. The summed E-state index contributed by atoms with van der Waals surface area (Å²) < 4.78 is 28.2. The zero-order valence-corrected chi connectivity index (χ0v) is 23.8. The van der Waals surface area contributed by atoms with Crippen LogP contribution in [-0.2, 0) is 29.9 Å². The fraction of sp³-hybridized carbons (Fsp3) is 0.414. The van der Waals surface area contributed by atoms with Crippen LogP contribution in [0.4, 0.5) is 5.69 Å². The van der Waals surface area contributed by atoms with Crippen molar-refractivity contribution in [2.24, 2.45) is 0 Å². The van der Waals surface area contributed by atoms with E-state index in [1.807, 2.05) is 19.0 Å². The number of carbonyl (C=O) groups is 3. The van der Waals surface area contributed by atoms with E-state index in [2.05, 4.69) is 0 Å². The van der Waals surface area contributed by atoms with Crippen LogP contribution in [0.3, 0.4) is 0 Å². The standard InChI is InChI=1S/C29H34N4O6S/c1-4-32-23-14-7-6-13-22(23)29(28(32)37)24(26(35)27(36)33(29)18-17-30(2)3)25(34)20-11-10-12-21(19-20)40(38,39)31-15-8-5-9-16-31/h6-7,10-14,19,34H,4-5,8-9,15-18H2,1-3H3/t29-/m1/s1. The molecule has 0 aliphatic carbocycles. The van der Waals surface area contributed by atoms with E-state index in [1.165, 1.54) is 38.4 Å². The van der Waals surface area contributed by atoms with Crippen LogP contribution in [0.25, 0.3) is 5.76 Å². The number of nitrogens with zero attached hydrogens (tertiary/aromatic N) is 4. The van der Waals surface area contributed by atoms with E-state index in [0.717, 1.165) is 19.3 Å². The third-order valence-electron chi connectivity index (χ3n) is 7.96. The summed E-state index contributed by atoms with van der Waals surface area (Å²) in [6.07, 6.45) is 2.50. The van der Waals surface area contributed by atoms with Crippen molar-refractivity contribution in [1.29, 1.82) is 0 Å². The van der Waals surface area contributed by atoms with Gasteiger partial charge in [-0.2, -0.15) is 4.31 Å². The number of hydrogen-bond acceptors (Lipinski definition) is 7. The Balaban J connectivity index is 1.72. The van der Waals surface area contributed by atoms with E-state index in [1.54, 1.807) is 31.2 Å². The maximum Gasteiger partial charge on any atom is 0.296 e. The predicted octanol–water partition coefficient (Wildman–Crippen LogP) is 2.37. The summed E-state index contributed by atoms with van der Waals surface area (Å²) in [4.78, 5) is 46.1. The number of amides is 2. The lowest BCUT2D eigenvalue weighted by atomic mass is 9.82. The van der Waals surface area contributed by atoms with Gasteiger partial charge in [0, 0.05) is 43.9 Å². The van der Waals surface area contributed by atoms with Gasteiger partial charge in [-0.15, -0.1) is 0 Å². The molecule has 0 unspecified atom stereocenters. The van der Waals surface area contributed by atoms with Crippen LogP contribution in [-0.4, -0.2) is 92.0 Å². The van der Waals surface area contributed by atoms with Crippen molar-refractivity contribution < 1.29 is 27.9 Å². The van der Waals surface area contributed by atoms with Crippen LogP contribution < -0.4 is 4.90 Å². The van der Waals surface area contributed by atoms with Crippen molar-refractivity contribution >= 4 is 39.1 Å². The van der Waals surface area contributed by atoms with Gasteiger partial charge >= 0.3 is 0 Å². The monoisotopic (exact) mass is 566 g/mol. The van der Waals surface area contributed by atoms with Gasteiger partial charge in [-0.3, -0.25) is 14.4 Å². The number of aliphatic hydroxyl groups is 1. The minimum atomic E-state index is -3.84. The zero-order chi connectivity index (χ0) is 28.8. The lowest BCUT2D eigenvalue weighted by Gasteiger charge is -2.35. The third-order valence-corrected chi connectivity index (χ3v) is 9.85. The van der Waals surface area contributed by atoms with E-state index in [9.17, 15) is 27.9 Å². The third kappa shape index (κ3) is 4.15. The molecule has 10 nitrogen and oxygen atoms in total. The Morgan fingerprint density at radius 3 is 2.38 bits per heavy atom. The highest BCUT2D eigenvalue weighted by Gasteiger charge is 2.66. The molecule has 0 saturated carbocycles.